The van der Waals surface area contributed by atoms with E-state index in [-0.39, 0.29) is 18.0 Å². The highest BCUT2D eigenvalue weighted by Crippen LogP contribution is 2.41. The zero-order valence-corrected chi connectivity index (χ0v) is 19.7. The summed E-state index contributed by atoms with van der Waals surface area (Å²) in [4.78, 5) is 22.2. The highest BCUT2D eigenvalue weighted by molar-refractivity contribution is 6.16. The number of fused-ring (bicyclic) bond motifs is 4. The third-order valence-electron chi connectivity index (χ3n) is 6.98. The smallest absolute Gasteiger partial charge is 0.157 e. The van der Waals surface area contributed by atoms with Gasteiger partial charge in [-0.3, -0.25) is 20.3 Å². The summed E-state index contributed by atoms with van der Waals surface area (Å²) < 4.78 is 14.6. The van der Waals surface area contributed by atoms with Crippen molar-refractivity contribution in [3.63, 3.8) is 0 Å². The first kappa shape index (κ1) is 21.1. The lowest BCUT2D eigenvalue weighted by molar-refractivity contribution is 0.631. The molecule has 0 spiro atoms. The molecule has 2 aromatic heterocycles. The van der Waals surface area contributed by atoms with Gasteiger partial charge in [0.2, 0.25) is 0 Å². The first-order valence-electron chi connectivity index (χ1n) is 12.1. The second-order valence-corrected chi connectivity index (χ2v) is 9.34. The standard InChI is InChI=1S/C29H23FN6/c1-16-13-20-21(14-19(16)17-7-3-2-6-11-31-15-17)26(35-29-25(20)34-29)28-33-23-10-12-32-24(27(23)36-28)18-8-4-5-9-22(18)30/h4-15,25,29,34H,2-3H2,1H3,(H,33,36)/b11-6+,17-7+,31-15-. The molecular formula is C29H23FN6. The number of hydrogen-bond donors (Lipinski definition) is 2. The van der Waals surface area contributed by atoms with Gasteiger partial charge in [0.15, 0.2) is 5.82 Å². The first-order chi connectivity index (χ1) is 17.7. The van der Waals surface area contributed by atoms with Crippen LogP contribution in [0.25, 0.3) is 27.9 Å². The summed E-state index contributed by atoms with van der Waals surface area (Å²) >= 11 is 0. The minimum atomic E-state index is -0.323. The van der Waals surface area contributed by atoms with Crippen LogP contribution in [0.5, 0.6) is 0 Å². The predicted octanol–water partition coefficient (Wildman–Crippen LogP) is 5.66. The van der Waals surface area contributed by atoms with Crippen molar-refractivity contribution in [2.45, 2.75) is 32.0 Å². The lowest BCUT2D eigenvalue weighted by Gasteiger charge is -2.18. The zero-order valence-electron chi connectivity index (χ0n) is 19.7. The van der Waals surface area contributed by atoms with E-state index in [4.69, 9.17) is 9.98 Å². The second kappa shape index (κ2) is 8.17. The fraction of sp³-hybridized carbons (Fsp3) is 0.172. The summed E-state index contributed by atoms with van der Waals surface area (Å²) in [5.41, 5.74) is 8.90. The van der Waals surface area contributed by atoms with Gasteiger partial charge in [0.05, 0.1) is 11.6 Å². The monoisotopic (exact) mass is 474 g/mol. The molecule has 4 aromatic rings. The van der Waals surface area contributed by atoms with E-state index in [9.17, 15) is 4.39 Å². The molecule has 6 nitrogen and oxygen atoms in total. The molecule has 2 atom stereocenters. The molecule has 1 saturated heterocycles. The molecule has 36 heavy (non-hydrogen) atoms. The van der Waals surface area contributed by atoms with Crippen LogP contribution in [0.4, 0.5) is 4.39 Å². The topological polar surface area (TPSA) is 88.2 Å². The fourth-order valence-electron chi connectivity index (χ4n) is 5.12. The van der Waals surface area contributed by atoms with Gasteiger partial charge < -0.3 is 4.98 Å². The number of nitrogens with zero attached hydrogens (tertiary/aromatic N) is 4. The fourth-order valence-corrected chi connectivity index (χ4v) is 5.12. The third kappa shape index (κ3) is 3.43. The average molecular weight is 475 g/mol. The lowest BCUT2D eigenvalue weighted by atomic mass is 9.89. The SMILES string of the molecule is Cc1cc2c(cc1C1=C/CC/C=C/N=C\1)C(c1nc3c(-c4ccccc4F)nccc3[nH]1)=NC1NC21. The van der Waals surface area contributed by atoms with E-state index < -0.39 is 0 Å². The number of pyridine rings is 1. The van der Waals surface area contributed by atoms with Crippen molar-refractivity contribution in [3.05, 3.63) is 101 Å². The van der Waals surface area contributed by atoms with Crippen LogP contribution in [-0.4, -0.2) is 33.0 Å². The molecule has 7 heteroatoms. The van der Waals surface area contributed by atoms with E-state index in [0.29, 0.717) is 22.6 Å². The Labute approximate surface area is 207 Å². The Morgan fingerprint density at radius 1 is 1.03 bits per heavy atom. The summed E-state index contributed by atoms with van der Waals surface area (Å²) in [6.45, 7) is 2.15. The molecule has 0 amide bonds. The maximum Gasteiger partial charge on any atom is 0.157 e. The number of halogens is 1. The molecule has 3 aliphatic rings. The van der Waals surface area contributed by atoms with Crippen molar-refractivity contribution in [2.75, 3.05) is 0 Å². The van der Waals surface area contributed by atoms with Gasteiger partial charge in [-0.05, 0) is 66.3 Å². The number of benzene rings is 2. The maximum atomic E-state index is 14.6. The van der Waals surface area contributed by atoms with Crippen LogP contribution in [-0.2, 0) is 0 Å². The van der Waals surface area contributed by atoms with Crippen LogP contribution >= 0.6 is 0 Å². The molecule has 0 aliphatic carbocycles. The summed E-state index contributed by atoms with van der Waals surface area (Å²) in [6.07, 6.45) is 11.8. The molecule has 1 fully saturated rings. The molecule has 0 saturated carbocycles. The minimum Gasteiger partial charge on any atom is -0.337 e. The highest BCUT2D eigenvalue weighted by atomic mass is 19.1. The van der Waals surface area contributed by atoms with Gasteiger partial charge in [0, 0.05) is 29.7 Å². The Morgan fingerprint density at radius 2 is 1.94 bits per heavy atom. The van der Waals surface area contributed by atoms with Crippen molar-refractivity contribution in [1.82, 2.24) is 20.3 Å². The molecule has 176 valence electrons. The molecule has 0 bridgehead atoms. The summed E-state index contributed by atoms with van der Waals surface area (Å²) in [6, 6.07) is 13.2. The molecule has 3 aliphatic heterocycles. The number of aromatic amines is 1. The van der Waals surface area contributed by atoms with Crippen LogP contribution in [0, 0.1) is 12.7 Å². The Balaban J connectivity index is 1.38. The zero-order chi connectivity index (χ0) is 24.2. The number of allylic oxidation sites excluding steroid dienone is 3. The van der Waals surface area contributed by atoms with Crippen LogP contribution in [0.15, 0.2) is 77.0 Å². The van der Waals surface area contributed by atoms with E-state index in [0.717, 1.165) is 40.8 Å². The van der Waals surface area contributed by atoms with Gasteiger partial charge in [-0.25, -0.2) is 9.37 Å². The van der Waals surface area contributed by atoms with E-state index in [1.807, 2.05) is 18.5 Å². The highest BCUT2D eigenvalue weighted by Gasteiger charge is 2.44. The lowest BCUT2D eigenvalue weighted by Crippen LogP contribution is -2.15. The number of rotatable bonds is 3. The van der Waals surface area contributed by atoms with Gasteiger partial charge in [-0.1, -0.05) is 30.4 Å². The van der Waals surface area contributed by atoms with Gasteiger partial charge in [-0.2, -0.15) is 0 Å². The molecular weight excluding hydrogens is 451 g/mol. The molecule has 7 rings (SSSR count). The van der Waals surface area contributed by atoms with Crippen LogP contribution < -0.4 is 5.32 Å². The number of H-pyrrole nitrogens is 1. The number of aliphatic imine (C=N–C) groups is 2. The Hall–Kier alpha value is -4.23. The maximum absolute atomic E-state index is 14.6. The van der Waals surface area contributed by atoms with Crippen LogP contribution in [0.3, 0.4) is 0 Å². The van der Waals surface area contributed by atoms with E-state index >= 15 is 0 Å². The normalized spacial score (nSPS) is 23.5. The minimum absolute atomic E-state index is 0.0439. The molecule has 5 heterocycles. The van der Waals surface area contributed by atoms with Gasteiger partial charge in [-0.15, -0.1) is 0 Å². The van der Waals surface area contributed by atoms with Crippen molar-refractivity contribution in [3.8, 4) is 11.3 Å². The predicted molar refractivity (Wildman–Crippen MR) is 141 cm³/mol. The Bertz CT molecular complexity index is 1660. The summed E-state index contributed by atoms with van der Waals surface area (Å²) in [5, 5.41) is 3.47. The quantitative estimate of drug-likeness (QED) is 0.376. The van der Waals surface area contributed by atoms with Gasteiger partial charge >= 0.3 is 0 Å². The third-order valence-corrected chi connectivity index (χ3v) is 6.98. The van der Waals surface area contributed by atoms with E-state index in [1.54, 1.807) is 24.4 Å². The van der Waals surface area contributed by atoms with Crippen molar-refractivity contribution < 1.29 is 4.39 Å². The van der Waals surface area contributed by atoms with E-state index in [1.165, 1.54) is 17.2 Å². The first-order valence-corrected chi connectivity index (χ1v) is 12.1. The van der Waals surface area contributed by atoms with Crippen LogP contribution in [0.1, 0.15) is 47.0 Å². The van der Waals surface area contributed by atoms with Crippen molar-refractivity contribution in [2.24, 2.45) is 9.98 Å². The molecule has 2 N–H and O–H groups in total. The number of nitrogens with one attached hydrogen (secondary N) is 2. The number of imidazole rings is 1. The Kier molecular flexibility index (Phi) is 4.79. The summed E-state index contributed by atoms with van der Waals surface area (Å²) in [7, 11) is 0. The Morgan fingerprint density at radius 3 is 2.86 bits per heavy atom. The molecule has 0 radical (unpaired) electrons. The largest absolute Gasteiger partial charge is 0.337 e. The number of aryl methyl sites for hydroxylation is 1. The van der Waals surface area contributed by atoms with Crippen LogP contribution in [0.2, 0.25) is 0 Å². The molecule has 2 aromatic carbocycles. The number of aromatic nitrogens is 3. The molecule has 2 unspecified atom stereocenters. The van der Waals surface area contributed by atoms with Gasteiger partial charge in [0.25, 0.3) is 0 Å². The van der Waals surface area contributed by atoms with Gasteiger partial charge in [0.1, 0.15) is 28.9 Å². The van der Waals surface area contributed by atoms with E-state index in [2.05, 4.69) is 51.5 Å². The van der Waals surface area contributed by atoms with Crippen molar-refractivity contribution in [1.29, 1.82) is 0 Å². The second-order valence-electron chi connectivity index (χ2n) is 9.34. The van der Waals surface area contributed by atoms with Crippen molar-refractivity contribution >= 4 is 28.5 Å². The summed E-state index contributed by atoms with van der Waals surface area (Å²) in [5.74, 6) is 0.332. The number of hydrogen-bond acceptors (Lipinski definition) is 5. The average Bonchev–Trinajstić information content (AvgIpc) is 3.52.